The van der Waals surface area contributed by atoms with Crippen LogP contribution < -0.4 is 0 Å². The summed E-state index contributed by atoms with van der Waals surface area (Å²) in [5, 5.41) is 10.6. The van der Waals surface area contributed by atoms with Crippen molar-refractivity contribution in [2.45, 2.75) is 329 Å². The Morgan fingerprint density at radius 1 is 0.302 bits per heavy atom. The summed E-state index contributed by atoms with van der Waals surface area (Å²) in [4.78, 5) is 72.7. The Bertz CT molecular complexity index is 2200. The van der Waals surface area contributed by atoms with Gasteiger partial charge < -0.3 is 33.8 Å². The fraction of sp³-hybridized carbons (Fsp3) is 0.740. The summed E-state index contributed by atoms with van der Waals surface area (Å²) >= 11 is 0. The van der Waals surface area contributed by atoms with Gasteiger partial charge in [0.15, 0.2) is 12.2 Å². The molecule has 0 saturated heterocycles. The molecule has 5 atom stereocenters. The van der Waals surface area contributed by atoms with Gasteiger partial charge in [-0.15, -0.1) is 0 Å². The summed E-state index contributed by atoms with van der Waals surface area (Å²) in [6.45, 7) is 4.57. The minimum atomic E-state index is -4.98. The highest BCUT2D eigenvalue weighted by Crippen LogP contribution is 2.45. The van der Waals surface area contributed by atoms with E-state index in [2.05, 4.69) is 125 Å². The van der Waals surface area contributed by atoms with E-state index in [9.17, 15) is 43.2 Å². The van der Waals surface area contributed by atoms with Crippen molar-refractivity contribution in [1.82, 2.24) is 0 Å². The Morgan fingerprint density at radius 3 is 0.865 bits per heavy atom. The van der Waals surface area contributed by atoms with Gasteiger partial charge in [0.05, 0.1) is 26.4 Å². The quantitative estimate of drug-likeness (QED) is 0.0169. The number of carbonyl (C=O) groups excluding carboxylic acids is 4. The van der Waals surface area contributed by atoms with Crippen molar-refractivity contribution >= 4 is 39.5 Å². The van der Waals surface area contributed by atoms with Crippen molar-refractivity contribution in [3.05, 3.63) is 97.2 Å². The van der Waals surface area contributed by atoms with Crippen molar-refractivity contribution < 1.29 is 80.2 Å². The second-order valence-corrected chi connectivity index (χ2v) is 27.7. The normalized spacial score (nSPS) is 14.5. The number of hydrogen-bond acceptors (Lipinski definition) is 15. The molecular weight excluding hydrogens is 1260 g/mol. The summed E-state index contributed by atoms with van der Waals surface area (Å²) < 4.78 is 68.3. The van der Waals surface area contributed by atoms with E-state index in [1.807, 2.05) is 0 Å². The first-order chi connectivity index (χ1) is 46.7. The number of phosphoric ester groups is 2. The summed E-state index contributed by atoms with van der Waals surface area (Å²) in [7, 11) is -9.96. The lowest BCUT2D eigenvalue weighted by Crippen LogP contribution is -2.30. The van der Waals surface area contributed by atoms with Gasteiger partial charge in [-0.05, 0) is 122 Å². The predicted octanol–water partition coefficient (Wildman–Crippen LogP) is 21.2. The second kappa shape index (κ2) is 69.5. The molecule has 0 amide bonds. The lowest BCUT2D eigenvalue weighted by atomic mass is 10.1. The molecule has 554 valence electrons. The molecule has 0 aromatic rings. The van der Waals surface area contributed by atoms with Gasteiger partial charge in [0.2, 0.25) is 0 Å². The zero-order chi connectivity index (χ0) is 70.4. The van der Waals surface area contributed by atoms with Crippen molar-refractivity contribution in [1.29, 1.82) is 0 Å². The largest absolute Gasteiger partial charge is 0.472 e. The molecule has 0 aliphatic carbocycles. The fourth-order valence-corrected chi connectivity index (χ4v) is 11.4. The highest BCUT2D eigenvalue weighted by molar-refractivity contribution is 7.47. The highest BCUT2D eigenvalue weighted by Gasteiger charge is 2.30. The Kier molecular flexibility index (Phi) is 66.6. The molecule has 96 heavy (non-hydrogen) atoms. The number of rotatable bonds is 70. The Hall–Kier alpha value is -4.02. The summed E-state index contributed by atoms with van der Waals surface area (Å²) in [5.41, 5.74) is 0. The second-order valence-electron chi connectivity index (χ2n) is 24.8. The number of esters is 4. The molecule has 0 aromatic heterocycles. The maximum absolute atomic E-state index is 13.1. The fourth-order valence-electron chi connectivity index (χ4n) is 9.87. The minimum Gasteiger partial charge on any atom is -0.462 e. The third kappa shape index (κ3) is 68.5. The Morgan fingerprint density at radius 2 is 0.542 bits per heavy atom. The molecule has 0 fully saturated rings. The summed E-state index contributed by atoms with van der Waals surface area (Å²) in [6.07, 6.45) is 71.2. The molecular formula is C77H134O17P2. The summed E-state index contributed by atoms with van der Waals surface area (Å²) in [5.74, 6) is -2.24. The van der Waals surface area contributed by atoms with Gasteiger partial charge in [-0.1, -0.05) is 260 Å². The number of hydrogen-bond donors (Lipinski definition) is 3. The lowest BCUT2D eigenvalue weighted by Gasteiger charge is -2.21. The zero-order valence-electron chi connectivity index (χ0n) is 60.3. The average Bonchev–Trinajstić information content (AvgIpc) is 1.09. The first-order valence-corrected chi connectivity index (χ1v) is 40.5. The van der Waals surface area contributed by atoms with E-state index in [1.54, 1.807) is 0 Å². The van der Waals surface area contributed by atoms with Crippen LogP contribution in [0.1, 0.15) is 310 Å². The van der Waals surface area contributed by atoms with Crippen molar-refractivity contribution in [2.75, 3.05) is 39.6 Å². The van der Waals surface area contributed by atoms with Crippen LogP contribution in [0, 0.1) is 0 Å². The molecule has 0 rings (SSSR count). The molecule has 19 heteroatoms. The van der Waals surface area contributed by atoms with E-state index in [0.29, 0.717) is 25.7 Å². The van der Waals surface area contributed by atoms with E-state index in [0.717, 1.165) is 154 Å². The van der Waals surface area contributed by atoms with Gasteiger partial charge >= 0.3 is 39.5 Å². The van der Waals surface area contributed by atoms with Crippen LogP contribution in [0.2, 0.25) is 0 Å². The Labute approximate surface area is 582 Å². The molecule has 5 unspecified atom stereocenters. The first-order valence-electron chi connectivity index (χ1n) is 37.5. The number of unbranched alkanes of at least 4 members (excludes halogenated alkanes) is 28. The number of aliphatic hydroxyl groups is 1. The predicted molar refractivity (Wildman–Crippen MR) is 390 cm³/mol. The van der Waals surface area contributed by atoms with Crippen LogP contribution in [0.25, 0.3) is 0 Å². The molecule has 0 radical (unpaired) electrons. The Balaban J connectivity index is 5.37. The lowest BCUT2D eigenvalue weighted by molar-refractivity contribution is -0.161. The van der Waals surface area contributed by atoms with Gasteiger partial charge in [0, 0.05) is 25.7 Å². The standard InChI is InChI=1S/C77H134O17P2/c1-5-9-13-17-21-25-29-32-35-38-42-45-49-53-57-61-74(79)87-67-72(93-76(81)63-59-55-51-47-41-28-24-20-16-12-8-4)69-91-95(83,84)89-65-71(78)66-90-96(85,86)92-70-73(94-77(82)64-60-56-52-48-44-40-37-34-31-27-23-19-15-11-7-3)68-88-75(80)62-58-54-50-46-43-39-36-33-30-26-22-18-14-10-6-2/h9-10,13-14,21-22,25-26,32-37,43,46,71-73,78H,5-8,11-12,15-20,23-24,27-31,38-42,44-45,47-70H2,1-4H3,(H,83,84)(H,85,86)/b13-9-,14-10-,25-21-,26-22-,35-32-,36-33-,37-34-,46-43-. The molecule has 17 nitrogen and oxygen atoms in total. The number of allylic oxidation sites excluding steroid dienone is 16. The molecule has 3 N–H and O–H groups in total. The van der Waals surface area contributed by atoms with Crippen molar-refractivity contribution in [3.63, 3.8) is 0 Å². The molecule has 0 aliphatic rings. The van der Waals surface area contributed by atoms with E-state index < -0.39 is 97.5 Å². The number of aliphatic hydroxyl groups excluding tert-OH is 1. The van der Waals surface area contributed by atoms with Gasteiger partial charge in [-0.3, -0.25) is 37.3 Å². The average molecular weight is 1390 g/mol. The van der Waals surface area contributed by atoms with Gasteiger partial charge in [-0.25, -0.2) is 9.13 Å². The maximum Gasteiger partial charge on any atom is 0.472 e. The molecule has 0 aromatic carbocycles. The minimum absolute atomic E-state index is 0.0762. The monoisotopic (exact) mass is 1390 g/mol. The highest BCUT2D eigenvalue weighted by atomic mass is 31.2. The van der Waals surface area contributed by atoms with Gasteiger partial charge in [0.1, 0.15) is 19.3 Å². The number of ether oxygens (including phenoxy) is 4. The molecule has 0 bridgehead atoms. The van der Waals surface area contributed by atoms with Crippen LogP contribution in [0.3, 0.4) is 0 Å². The smallest absolute Gasteiger partial charge is 0.462 e. The zero-order valence-corrected chi connectivity index (χ0v) is 62.1. The van der Waals surface area contributed by atoms with E-state index >= 15 is 0 Å². The van der Waals surface area contributed by atoms with Crippen molar-refractivity contribution in [3.8, 4) is 0 Å². The number of carbonyl (C=O) groups is 4. The van der Waals surface area contributed by atoms with Crippen LogP contribution in [0.15, 0.2) is 97.2 Å². The molecule has 0 saturated carbocycles. The summed E-state index contributed by atoms with van der Waals surface area (Å²) in [6, 6.07) is 0. The van der Waals surface area contributed by atoms with Gasteiger partial charge in [-0.2, -0.15) is 0 Å². The SMILES string of the molecule is CC/C=C\C/C=C\C/C=C\C/C=C\CCCCC(=O)OCC(COP(=O)(O)OCC(O)COP(=O)(O)OCC(COC(=O)CCCCCCC/C=C\C/C=C\C/C=C\CC)OC(=O)CCCCCCCCCCCCC)OC(=O)CCCCCCC/C=C\CCCCCCCC. The molecule has 0 heterocycles. The van der Waals surface area contributed by atoms with E-state index in [4.69, 9.17) is 37.0 Å². The van der Waals surface area contributed by atoms with E-state index in [1.165, 1.54) is 77.0 Å². The van der Waals surface area contributed by atoms with E-state index in [-0.39, 0.29) is 25.7 Å². The molecule has 0 aliphatic heterocycles. The third-order valence-electron chi connectivity index (χ3n) is 15.5. The number of phosphoric acid groups is 2. The third-order valence-corrected chi connectivity index (χ3v) is 17.4. The first kappa shape index (κ1) is 92.0. The molecule has 0 spiro atoms. The van der Waals surface area contributed by atoms with Crippen molar-refractivity contribution in [2.24, 2.45) is 0 Å². The van der Waals surface area contributed by atoms with Crippen LogP contribution in [0.5, 0.6) is 0 Å². The van der Waals surface area contributed by atoms with Crippen LogP contribution in [-0.2, 0) is 65.4 Å². The topological polar surface area (TPSA) is 237 Å². The maximum atomic E-state index is 13.1. The van der Waals surface area contributed by atoms with Crippen LogP contribution >= 0.6 is 15.6 Å². The van der Waals surface area contributed by atoms with Crippen LogP contribution in [0.4, 0.5) is 0 Å². The van der Waals surface area contributed by atoms with Gasteiger partial charge in [0.25, 0.3) is 0 Å². The van der Waals surface area contributed by atoms with Crippen LogP contribution in [-0.4, -0.2) is 96.7 Å².